The number of aliphatic hydroxyl groups is 1. The Morgan fingerprint density at radius 2 is 2.11 bits per heavy atom. The van der Waals surface area contributed by atoms with Crippen LogP contribution in [0.15, 0.2) is 23.1 Å². The largest absolute Gasteiger partial charge is 0.392 e. The summed E-state index contributed by atoms with van der Waals surface area (Å²) < 4.78 is 26.9. The lowest BCUT2D eigenvalue weighted by Crippen LogP contribution is -2.26. The maximum Gasteiger partial charge on any atom is 0.240 e. The molecule has 0 amide bonds. The van der Waals surface area contributed by atoms with Crippen molar-refractivity contribution in [2.24, 2.45) is 5.92 Å². The van der Waals surface area contributed by atoms with Gasteiger partial charge < -0.3 is 5.11 Å². The molecule has 2 N–H and O–H groups in total. The average Bonchev–Trinajstić information content (AvgIpc) is 3.13. The van der Waals surface area contributed by atoms with Crippen LogP contribution < -0.4 is 4.72 Å². The Hall–Kier alpha value is -0.910. The average molecular weight is 269 g/mol. The van der Waals surface area contributed by atoms with Gasteiger partial charge in [-0.25, -0.2) is 13.1 Å². The minimum atomic E-state index is -3.45. The van der Waals surface area contributed by atoms with E-state index in [0.29, 0.717) is 23.6 Å². The third-order valence-electron chi connectivity index (χ3n) is 3.27. The Balaban J connectivity index is 2.11. The summed E-state index contributed by atoms with van der Waals surface area (Å²) in [4.78, 5) is 0.268. The predicted octanol–water partition coefficient (Wildman–Crippen LogP) is 1.57. The molecular weight excluding hydrogens is 250 g/mol. The summed E-state index contributed by atoms with van der Waals surface area (Å²) >= 11 is 0. The maximum atomic E-state index is 12.1. The first-order valence-electron chi connectivity index (χ1n) is 6.23. The molecule has 0 saturated heterocycles. The number of benzene rings is 1. The second-order valence-electron chi connectivity index (χ2n) is 4.89. The van der Waals surface area contributed by atoms with E-state index in [4.69, 9.17) is 5.11 Å². The number of hydrogen-bond acceptors (Lipinski definition) is 3. The molecule has 0 bridgehead atoms. The zero-order valence-electron chi connectivity index (χ0n) is 10.5. The fourth-order valence-corrected chi connectivity index (χ4v) is 3.25. The molecule has 100 valence electrons. The van der Waals surface area contributed by atoms with Crippen molar-refractivity contribution in [3.8, 4) is 0 Å². The summed E-state index contributed by atoms with van der Waals surface area (Å²) in [5.41, 5.74) is 1.31. The van der Waals surface area contributed by atoms with Gasteiger partial charge in [-0.2, -0.15) is 0 Å². The standard InChI is InChI=1S/C13H19NO3S/c1-10-2-3-12(9-15)8-13(10)18(16,17)14-7-6-11-4-5-11/h2-3,8,11,14-15H,4-7,9H2,1H3. The number of nitrogens with one attached hydrogen (secondary N) is 1. The number of hydrogen-bond donors (Lipinski definition) is 2. The lowest BCUT2D eigenvalue weighted by molar-refractivity contribution is 0.281. The molecule has 1 aliphatic carbocycles. The van der Waals surface area contributed by atoms with E-state index in [9.17, 15) is 8.42 Å². The number of sulfonamides is 1. The number of aliphatic hydroxyl groups excluding tert-OH is 1. The molecule has 0 heterocycles. The first kappa shape index (κ1) is 13.5. The van der Waals surface area contributed by atoms with Crippen LogP contribution in [0.5, 0.6) is 0 Å². The Morgan fingerprint density at radius 1 is 1.39 bits per heavy atom. The van der Waals surface area contributed by atoms with Gasteiger partial charge in [0.15, 0.2) is 0 Å². The molecule has 18 heavy (non-hydrogen) atoms. The topological polar surface area (TPSA) is 66.4 Å². The molecule has 5 heteroatoms. The Labute approximate surface area is 108 Å². The van der Waals surface area contributed by atoms with Crippen molar-refractivity contribution in [1.82, 2.24) is 4.72 Å². The lowest BCUT2D eigenvalue weighted by Gasteiger charge is -2.10. The highest BCUT2D eigenvalue weighted by molar-refractivity contribution is 7.89. The van der Waals surface area contributed by atoms with Crippen LogP contribution in [0, 0.1) is 12.8 Å². The van der Waals surface area contributed by atoms with Crippen molar-refractivity contribution in [2.45, 2.75) is 37.7 Å². The first-order chi connectivity index (χ1) is 8.53. The molecule has 0 aliphatic heterocycles. The molecule has 4 nitrogen and oxygen atoms in total. The van der Waals surface area contributed by atoms with E-state index >= 15 is 0 Å². The first-order valence-corrected chi connectivity index (χ1v) is 7.71. The van der Waals surface area contributed by atoms with E-state index < -0.39 is 10.0 Å². The van der Waals surface area contributed by atoms with Crippen molar-refractivity contribution < 1.29 is 13.5 Å². The Bertz CT molecular complexity index is 521. The fourth-order valence-electron chi connectivity index (χ4n) is 1.91. The van der Waals surface area contributed by atoms with Crippen molar-refractivity contribution >= 4 is 10.0 Å². The molecule has 0 unspecified atom stereocenters. The van der Waals surface area contributed by atoms with Crippen molar-refractivity contribution in [1.29, 1.82) is 0 Å². The van der Waals surface area contributed by atoms with Gasteiger partial charge in [-0.15, -0.1) is 0 Å². The van der Waals surface area contributed by atoms with Gasteiger partial charge in [-0.3, -0.25) is 0 Å². The molecule has 0 spiro atoms. The van der Waals surface area contributed by atoms with Gasteiger partial charge >= 0.3 is 0 Å². The minimum Gasteiger partial charge on any atom is -0.392 e. The Kier molecular flexibility index (Phi) is 4.04. The van der Waals surface area contributed by atoms with E-state index in [2.05, 4.69) is 4.72 Å². The van der Waals surface area contributed by atoms with Crippen LogP contribution in [-0.2, 0) is 16.6 Å². The van der Waals surface area contributed by atoms with Crippen LogP contribution in [0.3, 0.4) is 0 Å². The van der Waals surface area contributed by atoms with E-state index in [1.807, 2.05) is 0 Å². The van der Waals surface area contributed by atoms with Crippen LogP contribution in [0.1, 0.15) is 30.4 Å². The zero-order chi connectivity index (χ0) is 13.2. The minimum absolute atomic E-state index is 0.148. The summed E-state index contributed by atoms with van der Waals surface area (Å²) in [6.07, 6.45) is 3.36. The summed E-state index contributed by atoms with van der Waals surface area (Å²) in [5.74, 6) is 0.706. The molecular formula is C13H19NO3S. The van der Waals surface area contributed by atoms with Gasteiger partial charge in [0.2, 0.25) is 10.0 Å². The van der Waals surface area contributed by atoms with Gasteiger partial charge in [0, 0.05) is 6.54 Å². The second kappa shape index (κ2) is 5.38. The van der Waals surface area contributed by atoms with Crippen LogP contribution in [-0.4, -0.2) is 20.1 Å². The monoisotopic (exact) mass is 269 g/mol. The molecule has 1 saturated carbocycles. The van der Waals surface area contributed by atoms with E-state index in [0.717, 1.165) is 6.42 Å². The molecule has 1 aromatic carbocycles. The highest BCUT2D eigenvalue weighted by Crippen LogP contribution is 2.31. The Morgan fingerprint density at radius 3 is 2.72 bits per heavy atom. The zero-order valence-corrected chi connectivity index (χ0v) is 11.3. The number of rotatable bonds is 6. The fraction of sp³-hybridized carbons (Fsp3) is 0.538. The normalized spacial score (nSPS) is 15.9. The third kappa shape index (κ3) is 3.31. The van der Waals surface area contributed by atoms with Crippen LogP contribution in [0.25, 0.3) is 0 Å². The van der Waals surface area contributed by atoms with Gasteiger partial charge in [-0.1, -0.05) is 25.0 Å². The summed E-state index contributed by atoms with van der Waals surface area (Å²) in [6, 6.07) is 4.99. The quantitative estimate of drug-likeness (QED) is 0.823. The predicted molar refractivity (Wildman–Crippen MR) is 69.6 cm³/mol. The molecule has 0 atom stereocenters. The third-order valence-corrected chi connectivity index (χ3v) is 4.87. The van der Waals surface area contributed by atoms with E-state index in [-0.39, 0.29) is 11.5 Å². The highest BCUT2D eigenvalue weighted by atomic mass is 32.2. The van der Waals surface area contributed by atoms with Crippen LogP contribution >= 0.6 is 0 Å². The van der Waals surface area contributed by atoms with Crippen molar-refractivity contribution in [2.75, 3.05) is 6.54 Å². The van der Waals surface area contributed by atoms with Crippen LogP contribution in [0.2, 0.25) is 0 Å². The second-order valence-corrected chi connectivity index (χ2v) is 6.62. The summed E-state index contributed by atoms with van der Waals surface area (Å²) in [6.45, 7) is 2.11. The number of aryl methyl sites for hydroxylation is 1. The molecule has 2 rings (SSSR count). The van der Waals surface area contributed by atoms with Gasteiger partial charge in [0.05, 0.1) is 11.5 Å². The van der Waals surface area contributed by atoms with E-state index in [1.54, 1.807) is 19.1 Å². The molecule has 1 fully saturated rings. The van der Waals surface area contributed by atoms with E-state index in [1.165, 1.54) is 18.9 Å². The molecule has 0 aromatic heterocycles. The summed E-state index contributed by atoms with van der Waals surface area (Å²) in [5, 5.41) is 9.06. The molecule has 1 aromatic rings. The molecule has 1 aliphatic rings. The van der Waals surface area contributed by atoms with Gasteiger partial charge in [0.25, 0.3) is 0 Å². The van der Waals surface area contributed by atoms with Crippen molar-refractivity contribution in [3.63, 3.8) is 0 Å². The smallest absolute Gasteiger partial charge is 0.240 e. The maximum absolute atomic E-state index is 12.1. The molecule has 0 radical (unpaired) electrons. The highest BCUT2D eigenvalue weighted by Gasteiger charge is 2.22. The lowest BCUT2D eigenvalue weighted by atomic mass is 10.2. The van der Waals surface area contributed by atoms with Crippen LogP contribution in [0.4, 0.5) is 0 Å². The SMILES string of the molecule is Cc1ccc(CO)cc1S(=O)(=O)NCCC1CC1. The van der Waals surface area contributed by atoms with Gasteiger partial charge in [0.1, 0.15) is 0 Å². The van der Waals surface area contributed by atoms with Crippen molar-refractivity contribution in [3.05, 3.63) is 29.3 Å². The van der Waals surface area contributed by atoms with Gasteiger partial charge in [-0.05, 0) is 36.5 Å². The summed E-state index contributed by atoms with van der Waals surface area (Å²) in [7, 11) is -3.45.